The van der Waals surface area contributed by atoms with E-state index >= 15 is 0 Å². The number of amides is 1. The number of rotatable bonds is 4. The molecular weight excluding hydrogens is 156 g/mol. The summed E-state index contributed by atoms with van der Waals surface area (Å²) in [6, 6.07) is 0. The van der Waals surface area contributed by atoms with Gasteiger partial charge in [0.25, 0.3) is 0 Å². The van der Waals surface area contributed by atoms with Crippen LogP contribution in [0.5, 0.6) is 0 Å². The maximum absolute atomic E-state index is 11.1. The third-order valence-electron chi connectivity index (χ3n) is 1.34. The van der Waals surface area contributed by atoms with Crippen LogP contribution in [0.25, 0.3) is 0 Å². The van der Waals surface area contributed by atoms with E-state index in [-0.39, 0.29) is 12.5 Å². The van der Waals surface area contributed by atoms with Gasteiger partial charge in [0.2, 0.25) is 5.91 Å². The molecule has 12 heavy (non-hydrogen) atoms. The highest BCUT2D eigenvalue weighted by Crippen LogP contribution is 1.80. The molecule has 1 amide bonds. The van der Waals surface area contributed by atoms with Crippen molar-refractivity contribution in [1.29, 1.82) is 0 Å². The van der Waals surface area contributed by atoms with Gasteiger partial charge in [-0.3, -0.25) is 4.79 Å². The smallest absolute Gasteiger partial charge is 0.241 e. The molecule has 0 aliphatic rings. The minimum atomic E-state index is -0.0256. The van der Waals surface area contributed by atoms with Crippen molar-refractivity contribution in [3.05, 3.63) is 12.7 Å². The Morgan fingerprint density at radius 2 is 2.50 bits per heavy atom. The first-order valence-corrected chi connectivity index (χ1v) is 3.92. The van der Waals surface area contributed by atoms with Gasteiger partial charge in [0, 0.05) is 6.54 Å². The Balaban J connectivity index is 2.27. The van der Waals surface area contributed by atoms with Crippen LogP contribution in [0.1, 0.15) is 13.3 Å². The summed E-state index contributed by atoms with van der Waals surface area (Å²) in [6.07, 6.45) is 3.88. The predicted molar refractivity (Wildman–Crippen MR) is 43.3 cm³/mol. The van der Waals surface area contributed by atoms with Gasteiger partial charge >= 0.3 is 0 Å². The van der Waals surface area contributed by atoms with Gasteiger partial charge in [0.05, 0.1) is 0 Å². The topological polar surface area (TPSA) is 59.8 Å². The number of carbonyl (C=O) groups is 1. The molecule has 0 aromatic carbocycles. The van der Waals surface area contributed by atoms with Crippen molar-refractivity contribution >= 4 is 5.91 Å². The quantitative estimate of drug-likeness (QED) is 0.677. The van der Waals surface area contributed by atoms with Crippen LogP contribution >= 0.6 is 0 Å². The van der Waals surface area contributed by atoms with Crippen molar-refractivity contribution in [2.24, 2.45) is 0 Å². The van der Waals surface area contributed by atoms with Gasteiger partial charge in [-0.25, -0.2) is 9.67 Å². The van der Waals surface area contributed by atoms with Crippen molar-refractivity contribution in [2.45, 2.75) is 19.9 Å². The molecule has 5 nitrogen and oxygen atoms in total. The molecule has 0 bridgehead atoms. The zero-order valence-corrected chi connectivity index (χ0v) is 7.03. The van der Waals surface area contributed by atoms with Crippen LogP contribution in [-0.2, 0) is 11.3 Å². The molecule has 0 spiro atoms. The van der Waals surface area contributed by atoms with E-state index < -0.39 is 0 Å². The van der Waals surface area contributed by atoms with E-state index in [1.165, 1.54) is 17.3 Å². The fourth-order valence-electron chi connectivity index (χ4n) is 0.782. The fraction of sp³-hybridized carbons (Fsp3) is 0.571. The summed E-state index contributed by atoms with van der Waals surface area (Å²) in [5, 5.41) is 6.55. The first-order valence-electron chi connectivity index (χ1n) is 3.92. The van der Waals surface area contributed by atoms with Crippen LogP contribution in [0.2, 0.25) is 0 Å². The Hall–Kier alpha value is -1.39. The fourth-order valence-corrected chi connectivity index (χ4v) is 0.782. The molecule has 0 saturated heterocycles. The second kappa shape index (κ2) is 4.48. The summed E-state index contributed by atoms with van der Waals surface area (Å²) in [6.45, 7) is 2.98. The van der Waals surface area contributed by atoms with Crippen molar-refractivity contribution in [2.75, 3.05) is 6.54 Å². The lowest BCUT2D eigenvalue weighted by Gasteiger charge is -2.01. The van der Waals surface area contributed by atoms with Gasteiger partial charge in [0.15, 0.2) is 0 Å². The van der Waals surface area contributed by atoms with Crippen molar-refractivity contribution in [3.8, 4) is 0 Å². The van der Waals surface area contributed by atoms with E-state index in [9.17, 15) is 4.79 Å². The molecule has 0 aliphatic heterocycles. The molecule has 1 aromatic rings. The Morgan fingerprint density at radius 3 is 3.08 bits per heavy atom. The Kier molecular flexibility index (Phi) is 3.25. The number of hydrogen-bond donors (Lipinski definition) is 1. The summed E-state index contributed by atoms with van der Waals surface area (Å²) in [5.41, 5.74) is 0. The van der Waals surface area contributed by atoms with Crippen LogP contribution in [0.3, 0.4) is 0 Å². The van der Waals surface area contributed by atoms with Gasteiger partial charge < -0.3 is 5.32 Å². The van der Waals surface area contributed by atoms with E-state index in [2.05, 4.69) is 15.4 Å². The molecule has 1 rings (SSSR count). The average molecular weight is 168 g/mol. The third kappa shape index (κ3) is 2.69. The summed E-state index contributed by atoms with van der Waals surface area (Å²) < 4.78 is 1.49. The average Bonchev–Trinajstić information content (AvgIpc) is 2.53. The maximum atomic E-state index is 11.1. The number of nitrogens with zero attached hydrogens (tertiary/aromatic N) is 3. The first kappa shape index (κ1) is 8.70. The van der Waals surface area contributed by atoms with E-state index in [1.54, 1.807) is 0 Å². The standard InChI is InChI=1S/C7H12N4O/c1-2-3-9-7(12)4-11-6-8-5-10-11/h5-6H,2-4H2,1H3,(H,9,12). The van der Waals surface area contributed by atoms with Gasteiger partial charge in [-0.1, -0.05) is 6.92 Å². The van der Waals surface area contributed by atoms with Crippen molar-refractivity contribution in [3.63, 3.8) is 0 Å². The monoisotopic (exact) mass is 168 g/mol. The molecule has 1 N–H and O–H groups in total. The number of aromatic nitrogens is 3. The van der Waals surface area contributed by atoms with Crippen LogP contribution in [-0.4, -0.2) is 27.2 Å². The molecule has 5 heteroatoms. The first-order chi connectivity index (χ1) is 5.83. The lowest BCUT2D eigenvalue weighted by Crippen LogP contribution is -2.28. The van der Waals surface area contributed by atoms with Crippen LogP contribution < -0.4 is 5.32 Å². The second-order valence-corrected chi connectivity index (χ2v) is 2.44. The lowest BCUT2D eigenvalue weighted by atomic mass is 10.4. The molecule has 0 atom stereocenters. The highest BCUT2D eigenvalue weighted by Gasteiger charge is 2.00. The molecule has 0 aliphatic carbocycles. The molecule has 66 valence electrons. The molecule has 1 aromatic heterocycles. The zero-order valence-electron chi connectivity index (χ0n) is 7.03. The Morgan fingerprint density at radius 1 is 1.67 bits per heavy atom. The molecule has 1 heterocycles. The summed E-state index contributed by atoms with van der Waals surface area (Å²) in [5.74, 6) is -0.0256. The van der Waals surface area contributed by atoms with Gasteiger partial charge in [-0.2, -0.15) is 5.10 Å². The van der Waals surface area contributed by atoms with E-state index in [0.717, 1.165) is 6.42 Å². The van der Waals surface area contributed by atoms with E-state index in [0.29, 0.717) is 6.54 Å². The molecular formula is C7H12N4O. The highest BCUT2D eigenvalue weighted by molar-refractivity contribution is 5.75. The molecule has 0 fully saturated rings. The number of carbonyl (C=O) groups excluding carboxylic acids is 1. The molecule has 0 radical (unpaired) electrons. The lowest BCUT2D eigenvalue weighted by molar-refractivity contribution is -0.121. The number of hydrogen-bond acceptors (Lipinski definition) is 3. The third-order valence-corrected chi connectivity index (χ3v) is 1.34. The number of nitrogens with one attached hydrogen (secondary N) is 1. The van der Waals surface area contributed by atoms with Crippen molar-refractivity contribution < 1.29 is 4.79 Å². The SMILES string of the molecule is CCCNC(=O)Cn1cncn1. The van der Waals surface area contributed by atoms with Crippen LogP contribution in [0.4, 0.5) is 0 Å². The van der Waals surface area contributed by atoms with Gasteiger partial charge in [-0.15, -0.1) is 0 Å². The van der Waals surface area contributed by atoms with E-state index in [1.807, 2.05) is 6.92 Å². The van der Waals surface area contributed by atoms with Gasteiger partial charge in [-0.05, 0) is 6.42 Å². The minimum Gasteiger partial charge on any atom is -0.355 e. The van der Waals surface area contributed by atoms with E-state index in [4.69, 9.17) is 0 Å². The summed E-state index contributed by atoms with van der Waals surface area (Å²) >= 11 is 0. The normalized spacial score (nSPS) is 9.75. The van der Waals surface area contributed by atoms with Crippen LogP contribution in [0, 0.1) is 0 Å². The largest absolute Gasteiger partial charge is 0.355 e. The molecule has 0 unspecified atom stereocenters. The van der Waals surface area contributed by atoms with Gasteiger partial charge in [0.1, 0.15) is 19.2 Å². The molecule has 0 saturated carbocycles. The summed E-state index contributed by atoms with van der Waals surface area (Å²) in [4.78, 5) is 14.8. The van der Waals surface area contributed by atoms with Crippen molar-refractivity contribution in [1.82, 2.24) is 20.1 Å². The predicted octanol–water partition coefficient (Wildman–Crippen LogP) is -0.196. The highest BCUT2D eigenvalue weighted by atomic mass is 16.2. The van der Waals surface area contributed by atoms with Crippen LogP contribution in [0.15, 0.2) is 12.7 Å². The Bertz CT molecular complexity index is 232. The summed E-state index contributed by atoms with van der Waals surface area (Å²) in [7, 11) is 0. The Labute approximate surface area is 70.8 Å². The second-order valence-electron chi connectivity index (χ2n) is 2.44. The minimum absolute atomic E-state index is 0.0256. The maximum Gasteiger partial charge on any atom is 0.241 e. The zero-order chi connectivity index (χ0) is 8.81.